The number of guanidine groups is 1. The highest BCUT2D eigenvalue weighted by Gasteiger charge is 2.31. The molecule has 0 atom stereocenters. The lowest BCUT2D eigenvalue weighted by molar-refractivity contribution is -0.274. The molecule has 1 amide bonds. The number of amides is 1. The number of benzene rings is 1. The highest BCUT2D eigenvalue weighted by atomic mass is 19.4. The maximum Gasteiger partial charge on any atom is 0.573 e. The highest BCUT2D eigenvalue weighted by Crippen LogP contribution is 2.25. The first-order valence-electron chi connectivity index (χ1n) is 8.09. The van der Waals surface area contributed by atoms with Gasteiger partial charge in [0.05, 0.1) is 0 Å². The number of carbonyl (C=O) groups is 1. The SMILES string of the molecule is CN=C(NCCNC(=O)C(C)(C)C)NCc1ccccc1OC(F)(F)F. The average molecular weight is 374 g/mol. The van der Waals surface area contributed by atoms with Gasteiger partial charge in [-0.2, -0.15) is 0 Å². The van der Waals surface area contributed by atoms with E-state index < -0.39 is 11.8 Å². The molecule has 0 heterocycles. The molecule has 0 bridgehead atoms. The molecular formula is C17H25F3N4O2. The molecule has 26 heavy (non-hydrogen) atoms. The molecule has 0 saturated carbocycles. The van der Waals surface area contributed by atoms with Gasteiger partial charge in [-0.3, -0.25) is 9.79 Å². The third-order valence-corrected chi connectivity index (χ3v) is 3.25. The Morgan fingerprint density at radius 1 is 1.08 bits per heavy atom. The van der Waals surface area contributed by atoms with Gasteiger partial charge in [0.25, 0.3) is 0 Å². The Hall–Kier alpha value is -2.45. The molecule has 0 spiro atoms. The lowest BCUT2D eigenvalue weighted by Gasteiger charge is -2.18. The first kappa shape index (κ1) is 21.6. The molecule has 1 aromatic rings. The predicted molar refractivity (Wildman–Crippen MR) is 93.8 cm³/mol. The van der Waals surface area contributed by atoms with E-state index in [-0.39, 0.29) is 18.2 Å². The number of hydrogen-bond acceptors (Lipinski definition) is 3. The number of ether oxygens (including phenoxy) is 1. The molecule has 3 N–H and O–H groups in total. The van der Waals surface area contributed by atoms with Crippen LogP contribution in [0.4, 0.5) is 13.2 Å². The fourth-order valence-corrected chi connectivity index (χ4v) is 1.90. The monoisotopic (exact) mass is 374 g/mol. The van der Waals surface area contributed by atoms with Crippen molar-refractivity contribution in [3.05, 3.63) is 29.8 Å². The van der Waals surface area contributed by atoms with Crippen LogP contribution in [0.15, 0.2) is 29.3 Å². The second-order valence-corrected chi connectivity index (χ2v) is 6.51. The van der Waals surface area contributed by atoms with E-state index in [4.69, 9.17) is 0 Å². The van der Waals surface area contributed by atoms with Crippen LogP contribution in [0.5, 0.6) is 5.75 Å². The van der Waals surface area contributed by atoms with E-state index in [0.29, 0.717) is 24.6 Å². The Kier molecular flexibility index (Phi) is 7.73. The van der Waals surface area contributed by atoms with Crippen LogP contribution in [0, 0.1) is 5.41 Å². The summed E-state index contributed by atoms with van der Waals surface area (Å²) >= 11 is 0. The second kappa shape index (κ2) is 9.30. The first-order chi connectivity index (χ1) is 12.0. The van der Waals surface area contributed by atoms with Crippen LogP contribution in [0.3, 0.4) is 0 Å². The summed E-state index contributed by atoms with van der Waals surface area (Å²) in [5.74, 6) is 0.0673. The molecule has 0 aliphatic carbocycles. The third kappa shape index (κ3) is 8.09. The summed E-state index contributed by atoms with van der Waals surface area (Å²) in [5.41, 5.74) is -0.129. The van der Waals surface area contributed by atoms with Crippen molar-refractivity contribution in [2.45, 2.75) is 33.7 Å². The normalized spacial score (nSPS) is 12.5. The van der Waals surface area contributed by atoms with E-state index in [2.05, 4.69) is 25.7 Å². The Bertz CT molecular complexity index is 625. The van der Waals surface area contributed by atoms with Gasteiger partial charge in [0.15, 0.2) is 5.96 Å². The summed E-state index contributed by atoms with van der Waals surface area (Å²) in [4.78, 5) is 15.7. The van der Waals surface area contributed by atoms with Gasteiger partial charge in [0, 0.05) is 37.7 Å². The van der Waals surface area contributed by atoms with E-state index in [1.165, 1.54) is 18.2 Å². The molecule has 146 valence electrons. The molecule has 0 fully saturated rings. The van der Waals surface area contributed by atoms with Crippen LogP contribution in [0.1, 0.15) is 26.3 Å². The van der Waals surface area contributed by atoms with Crippen molar-refractivity contribution in [3.8, 4) is 5.75 Å². The largest absolute Gasteiger partial charge is 0.573 e. The molecule has 0 aromatic heterocycles. The summed E-state index contributed by atoms with van der Waals surface area (Å²) in [6, 6.07) is 5.88. The van der Waals surface area contributed by atoms with Crippen molar-refractivity contribution < 1.29 is 22.7 Å². The fourth-order valence-electron chi connectivity index (χ4n) is 1.90. The Morgan fingerprint density at radius 2 is 1.69 bits per heavy atom. The number of hydrogen-bond donors (Lipinski definition) is 3. The standard InChI is InChI=1S/C17H25F3N4O2/c1-16(2,3)14(25)22-9-10-23-15(21-4)24-11-12-7-5-6-8-13(12)26-17(18,19)20/h5-8H,9-11H2,1-4H3,(H,22,25)(H2,21,23,24). The third-order valence-electron chi connectivity index (χ3n) is 3.25. The number of rotatable bonds is 6. The van der Waals surface area contributed by atoms with E-state index >= 15 is 0 Å². The fraction of sp³-hybridized carbons (Fsp3) is 0.529. The maximum atomic E-state index is 12.4. The minimum absolute atomic E-state index is 0.0690. The van der Waals surface area contributed by atoms with Gasteiger partial charge in [-0.05, 0) is 6.07 Å². The van der Waals surface area contributed by atoms with Gasteiger partial charge in [0.1, 0.15) is 5.75 Å². The van der Waals surface area contributed by atoms with Crippen LogP contribution in [0.25, 0.3) is 0 Å². The van der Waals surface area contributed by atoms with Crippen LogP contribution in [-0.2, 0) is 11.3 Å². The number of halogens is 3. The van der Waals surface area contributed by atoms with Gasteiger partial charge >= 0.3 is 6.36 Å². The van der Waals surface area contributed by atoms with Gasteiger partial charge in [-0.25, -0.2) is 0 Å². The number of nitrogens with one attached hydrogen (secondary N) is 3. The number of nitrogens with zero attached hydrogens (tertiary/aromatic N) is 1. The average Bonchev–Trinajstić information content (AvgIpc) is 2.53. The Morgan fingerprint density at radius 3 is 2.27 bits per heavy atom. The minimum atomic E-state index is -4.75. The molecule has 0 radical (unpaired) electrons. The van der Waals surface area contributed by atoms with Gasteiger partial charge in [0.2, 0.25) is 5.91 Å². The second-order valence-electron chi connectivity index (χ2n) is 6.51. The van der Waals surface area contributed by atoms with Gasteiger partial charge < -0.3 is 20.7 Å². The van der Waals surface area contributed by atoms with Gasteiger partial charge in [-0.15, -0.1) is 13.2 Å². The Balaban J connectivity index is 2.49. The van der Waals surface area contributed by atoms with E-state index in [9.17, 15) is 18.0 Å². The highest BCUT2D eigenvalue weighted by molar-refractivity contribution is 5.81. The quantitative estimate of drug-likeness (QED) is 0.406. The first-order valence-corrected chi connectivity index (χ1v) is 8.09. The van der Waals surface area contributed by atoms with Crippen LogP contribution in [-0.4, -0.2) is 38.4 Å². The maximum absolute atomic E-state index is 12.4. The van der Waals surface area contributed by atoms with Crippen LogP contribution in [0.2, 0.25) is 0 Å². The van der Waals surface area contributed by atoms with Crippen molar-refractivity contribution in [1.82, 2.24) is 16.0 Å². The molecule has 6 nitrogen and oxygen atoms in total. The molecular weight excluding hydrogens is 349 g/mol. The summed E-state index contributed by atoms with van der Waals surface area (Å²) in [7, 11) is 1.54. The molecule has 0 aliphatic rings. The molecule has 0 aliphatic heterocycles. The van der Waals surface area contributed by atoms with Crippen molar-refractivity contribution >= 4 is 11.9 Å². The van der Waals surface area contributed by atoms with Crippen molar-refractivity contribution in [2.24, 2.45) is 10.4 Å². The van der Waals surface area contributed by atoms with Crippen molar-refractivity contribution in [3.63, 3.8) is 0 Å². The smallest absolute Gasteiger partial charge is 0.405 e. The van der Waals surface area contributed by atoms with E-state index in [0.717, 1.165) is 0 Å². The zero-order valence-electron chi connectivity index (χ0n) is 15.3. The number of aliphatic imine (C=N–C) groups is 1. The van der Waals surface area contributed by atoms with Gasteiger partial charge in [-0.1, -0.05) is 39.0 Å². The molecule has 0 unspecified atom stereocenters. The van der Waals surface area contributed by atoms with Crippen molar-refractivity contribution in [1.29, 1.82) is 0 Å². The van der Waals surface area contributed by atoms with E-state index in [1.54, 1.807) is 13.1 Å². The topological polar surface area (TPSA) is 74.8 Å². The number of alkyl halides is 3. The lowest BCUT2D eigenvalue weighted by atomic mass is 9.96. The zero-order valence-corrected chi connectivity index (χ0v) is 15.3. The predicted octanol–water partition coefficient (Wildman–Crippen LogP) is 2.41. The zero-order chi connectivity index (χ0) is 19.8. The minimum Gasteiger partial charge on any atom is -0.405 e. The summed E-state index contributed by atoms with van der Waals surface area (Å²) in [5, 5.41) is 8.67. The molecule has 1 aromatic carbocycles. The Labute approximate surface area is 151 Å². The number of carbonyl (C=O) groups excluding carboxylic acids is 1. The van der Waals surface area contributed by atoms with Crippen LogP contribution >= 0.6 is 0 Å². The van der Waals surface area contributed by atoms with Crippen LogP contribution < -0.4 is 20.7 Å². The summed E-state index contributed by atoms with van der Waals surface area (Å²) in [6.07, 6.45) is -4.75. The summed E-state index contributed by atoms with van der Waals surface area (Å²) in [6.45, 7) is 6.36. The number of para-hydroxylation sites is 1. The molecule has 1 rings (SSSR count). The molecule has 0 saturated heterocycles. The van der Waals surface area contributed by atoms with E-state index in [1.807, 2.05) is 20.8 Å². The lowest BCUT2D eigenvalue weighted by Crippen LogP contribution is -2.43. The summed E-state index contributed by atoms with van der Waals surface area (Å²) < 4.78 is 41.3. The van der Waals surface area contributed by atoms with Crippen molar-refractivity contribution in [2.75, 3.05) is 20.1 Å². The molecule has 9 heteroatoms.